The van der Waals surface area contributed by atoms with Crippen molar-refractivity contribution in [2.24, 2.45) is 11.8 Å². The molecule has 0 aliphatic heterocycles. The lowest BCUT2D eigenvalue weighted by atomic mass is 9.98. The third-order valence-electron chi connectivity index (χ3n) is 1.61. The van der Waals surface area contributed by atoms with Gasteiger partial charge in [0, 0.05) is 6.61 Å². The Kier molecular flexibility index (Phi) is 5.32. The quantitative estimate of drug-likeness (QED) is 0.597. The molecule has 0 aromatic rings. The zero-order chi connectivity index (χ0) is 7.98. The van der Waals surface area contributed by atoms with Gasteiger partial charge in [-0.05, 0) is 25.2 Å². The zero-order valence-corrected chi connectivity index (χ0v) is 7.17. The maximum absolute atomic E-state index is 8.73. The summed E-state index contributed by atoms with van der Waals surface area (Å²) in [6, 6.07) is 0. The average Bonchev–Trinajstić information content (AvgIpc) is 1.88. The van der Waals surface area contributed by atoms with E-state index in [2.05, 4.69) is 26.0 Å². The molecule has 0 aliphatic rings. The van der Waals surface area contributed by atoms with Crippen LogP contribution in [0, 0.1) is 11.8 Å². The van der Waals surface area contributed by atoms with Crippen molar-refractivity contribution in [2.45, 2.75) is 27.2 Å². The van der Waals surface area contributed by atoms with Gasteiger partial charge in [-0.1, -0.05) is 26.0 Å². The molecule has 0 aromatic carbocycles. The molecular weight excluding hydrogens is 124 g/mol. The van der Waals surface area contributed by atoms with Crippen LogP contribution in [-0.4, -0.2) is 11.7 Å². The molecule has 0 spiro atoms. The van der Waals surface area contributed by atoms with Crippen molar-refractivity contribution >= 4 is 0 Å². The van der Waals surface area contributed by atoms with Gasteiger partial charge in [0.25, 0.3) is 0 Å². The van der Waals surface area contributed by atoms with Crippen LogP contribution in [0.1, 0.15) is 27.2 Å². The Morgan fingerprint density at radius 2 is 2.00 bits per heavy atom. The van der Waals surface area contributed by atoms with Crippen LogP contribution >= 0.6 is 0 Å². The van der Waals surface area contributed by atoms with E-state index in [1.807, 2.05) is 6.92 Å². The fourth-order valence-electron chi connectivity index (χ4n) is 1.12. The highest BCUT2D eigenvalue weighted by Gasteiger charge is 2.03. The van der Waals surface area contributed by atoms with Crippen molar-refractivity contribution in [3.8, 4) is 0 Å². The van der Waals surface area contributed by atoms with Crippen LogP contribution in [0.15, 0.2) is 12.2 Å². The number of aliphatic hydroxyl groups is 1. The van der Waals surface area contributed by atoms with Gasteiger partial charge in [0.05, 0.1) is 0 Å². The summed E-state index contributed by atoms with van der Waals surface area (Å²) in [7, 11) is 0. The topological polar surface area (TPSA) is 20.2 Å². The molecule has 0 rings (SSSR count). The lowest BCUT2D eigenvalue weighted by Crippen LogP contribution is -2.04. The molecule has 1 N–H and O–H groups in total. The first kappa shape index (κ1) is 9.70. The lowest BCUT2D eigenvalue weighted by Gasteiger charge is -2.10. The van der Waals surface area contributed by atoms with Crippen LogP contribution in [0.2, 0.25) is 0 Å². The first-order valence-electron chi connectivity index (χ1n) is 3.94. The Bertz CT molecular complexity index is 96.9. The highest BCUT2D eigenvalue weighted by atomic mass is 16.3. The monoisotopic (exact) mass is 142 g/mol. The molecule has 0 aliphatic carbocycles. The van der Waals surface area contributed by atoms with E-state index in [-0.39, 0.29) is 0 Å². The SMILES string of the molecule is C/C=C\[C@H](C)C[C@H](C)CO. The molecule has 2 atom stereocenters. The summed E-state index contributed by atoms with van der Waals surface area (Å²) >= 11 is 0. The van der Waals surface area contributed by atoms with E-state index in [1.54, 1.807) is 0 Å². The van der Waals surface area contributed by atoms with Gasteiger partial charge in [-0.3, -0.25) is 0 Å². The lowest BCUT2D eigenvalue weighted by molar-refractivity contribution is 0.222. The normalized spacial score (nSPS) is 17.6. The van der Waals surface area contributed by atoms with Crippen molar-refractivity contribution in [1.29, 1.82) is 0 Å². The second-order valence-electron chi connectivity index (χ2n) is 3.03. The Morgan fingerprint density at radius 1 is 1.40 bits per heavy atom. The van der Waals surface area contributed by atoms with Crippen LogP contribution in [-0.2, 0) is 0 Å². The van der Waals surface area contributed by atoms with Gasteiger partial charge in [-0.25, -0.2) is 0 Å². The summed E-state index contributed by atoms with van der Waals surface area (Å²) in [6.45, 7) is 6.58. The van der Waals surface area contributed by atoms with E-state index in [9.17, 15) is 0 Å². The molecule has 0 saturated heterocycles. The Balaban J connectivity index is 3.46. The minimum absolute atomic E-state index is 0.307. The summed E-state index contributed by atoms with van der Waals surface area (Å²) in [6.07, 6.45) is 5.32. The number of allylic oxidation sites excluding steroid dienone is 2. The first-order valence-corrected chi connectivity index (χ1v) is 3.94. The van der Waals surface area contributed by atoms with E-state index in [1.165, 1.54) is 0 Å². The van der Waals surface area contributed by atoms with Crippen molar-refractivity contribution in [3.05, 3.63) is 12.2 Å². The third kappa shape index (κ3) is 4.57. The van der Waals surface area contributed by atoms with Gasteiger partial charge >= 0.3 is 0 Å². The Morgan fingerprint density at radius 3 is 2.40 bits per heavy atom. The van der Waals surface area contributed by atoms with Crippen LogP contribution in [0.25, 0.3) is 0 Å². The van der Waals surface area contributed by atoms with Gasteiger partial charge in [0.2, 0.25) is 0 Å². The fraction of sp³-hybridized carbons (Fsp3) is 0.778. The fourth-order valence-corrected chi connectivity index (χ4v) is 1.12. The predicted octanol–water partition coefficient (Wildman–Crippen LogP) is 2.22. The van der Waals surface area contributed by atoms with Gasteiger partial charge < -0.3 is 5.11 Å². The van der Waals surface area contributed by atoms with Crippen molar-refractivity contribution in [1.82, 2.24) is 0 Å². The van der Waals surface area contributed by atoms with Crippen molar-refractivity contribution in [2.75, 3.05) is 6.61 Å². The maximum Gasteiger partial charge on any atom is 0.0456 e. The highest BCUT2D eigenvalue weighted by molar-refractivity contribution is 4.83. The Labute approximate surface area is 63.8 Å². The molecule has 0 unspecified atom stereocenters. The molecule has 60 valence electrons. The van der Waals surface area contributed by atoms with Crippen molar-refractivity contribution < 1.29 is 5.11 Å². The zero-order valence-electron chi connectivity index (χ0n) is 7.17. The van der Waals surface area contributed by atoms with Crippen LogP contribution in [0.5, 0.6) is 0 Å². The van der Waals surface area contributed by atoms with Gasteiger partial charge in [0.1, 0.15) is 0 Å². The van der Waals surface area contributed by atoms with Crippen LogP contribution in [0.4, 0.5) is 0 Å². The first-order chi connectivity index (χ1) is 4.70. The predicted molar refractivity (Wildman–Crippen MR) is 44.8 cm³/mol. The van der Waals surface area contributed by atoms with E-state index >= 15 is 0 Å². The molecular formula is C9H18O. The maximum atomic E-state index is 8.73. The molecule has 0 saturated carbocycles. The highest BCUT2D eigenvalue weighted by Crippen LogP contribution is 2.11. The average molecular weight is 142 g/mol. The van der Waals surface area contributed by atoms with Gasteiger partial charge in [-0.15, -0.1) is 0 Å². The molecule has 0 fully saturated rings. The molecule has 1 heteroatoms. The number of hydrogen-bond acceptors (Lipinski definition) is 1. The summed E-state index contributed by atoms with van der Waals surface area (Å²) in [5.41, 5.74) is 0. The van der Waals surface area contributed by atoms with E-state index < -0.39 is 0 Å². The van der Waals surface area contributed by atoms with E-state index in [0.29, 0.717) is 18.4 Å². The van der Waals surface area contributed by atoms with E-state index in [0.717, 1.165) is 6.42 Å². The smallest absolute Gasteiger partial charge is 0.0456 e. The molecule has 10 heavy (non-hydrogen) atoms. The standard InChI is InChI=1S/C9H18O/c1-4-5-8(2)6-9(3)7-10/h4-5,8-10H,6-7H2,1-3H3/b5-4-/t8-,9-/m0/s1. The number of hydrogen-bond donors (Lipinski definition) is 1. The minimum atomic E-state index is 0.307. The molecule has 0 aromatic heterocycles. The van der Waals surface area contributed by atoms with Crippen LogP contribution in [0.3, 0.4) is 0 Å². The third-order valence-corrected chi connectivity index (χ3v) is 1.61. The largest absolute Gasteiger partial charge is 0.396 e. The summed E-state index contributed by atoms with van der Waals surface area (Å²) in [5, 5.41) is 8.73. The molecule has 1 nitrogen and oxygen atoms in total. The summed E-state index contributed by atoms with van der Waals surface area (Å²) in [5.74, 6) is 1.04. The molecule has 0 heterocycles. The number of rotatable bonds is 4. The minimum Gasteiger partial charge on any atom is -0.396 e. The second-order valence-corrected chi connectivity index (χ2v) is 3.03. The Hall–Kier alpha value is -0.300. The van der Waals surface area contributed by atoms with Gasteiger partial charge in [-0.2, -0.15) is 0 Å². The molecule has 0 amide bonds. The van der Waals surface area contributed by atoms with E-state index in [4.69, 9.17) is 5.11 Å². The van der Waals surface area contributed by atoms with Crippen LogP contribution < -0.4 is 0 Å². The molecule has 0 bridgehead atoms. The number of aliphatic hydroxyl groups excluding tert-OH is 1. The molecule has 0 radical (unpaired) electrons. The van der Waals surface area contributed by atoms with Gasteiger partial charge in [0.15, 0.2) is 0 Å². The van der Waals surface area contributed by atoms with Crippen molar-refractivity contribution in [3.63, 3.8) is 0 Å². The summed E-state index contributed by atoms with van der Waals surface area (Å²) < 4.78 is 0. The second kappa shape index (κ2) is 5.48. The summed E-state index contributed by atoms with van der Waals surface area (Å²) in [4.78, 5) is 0.